The fourth-order valence-electron chi connectivity index (χ4n) is 3.34. The maximum Gasteiger partial charge on any atom is 0.325 e. The van der Waals surface area contributed by atoms with Gasteiger partial charge in [-0.1, -0.05) is 17.7 Å². The van der Waals surface area contributed by atoms with Gasteiger partial charge in [0, 0.05) is 38.3 Å². The fraction of sp³-hybridized carbons (Fsp3) is 0.533. The van der Waals surface area contributed by atoms with E-state index in [4.69, 9.17) is 28.4 Å². The molecule has 0 aliphatic heterocycles. The van der Waals surface area contributed by atoms with Crippen LogP contribution in [-0.2, 0) is 28.5 Å². The van der Waals surface area contributed by atoms with Crippen molar-refractivity contribution in [2.24, 2.45) is 0 Å². The number of hydrogen-bond acceptors (Lipinski definition) is 10. The third-order valence-electron chi connectivity index (χ3n) is 5.47. The van der Waals surface area contributed by atoms with Gasteiger partial charge in [-0.3, -0.25) is 9.59 Å². The summed E-state index contributed by atoms with van der Waals surface area (Å²) in [4.78, 5) is 23.1. The van der Waals surface area contributed by atoms with Gasteiger partial charge in [-0.15, -0.1) is 0 Å². The fourth-order valence-corrected chi connectivity index (χ4v) is 3.34. The highest BCUT2D eigenvalue weighted by atomic mass is 16.6. The van der Waals surface area contributed by atoms with Crippen molar-refractivity contribution in [1.82, 2.24) is 5.32 Å². The van der Waals surface area contributed by atoms with Gasteiger partial charge in [0.25, 0.3) is 0 Å². The number of anilines is 1. The maximum atomic E-state index is 12.0. The highest BCUT2D eigenvalue weighted by Gasteiger charge is 2.04. The largest absolute Gasteiger partial charge is 0.494 e. The first-order chi connectivity index (χ1) is 19.6. The molecule has 0 saturated carbocycles. The van der Waals surface area contributed by atoms with E-state index in [1.54, 1.807) is 7.05 Å². The average molecular weight is 561 g/mol. The first-order valence-electron chi connectivity index (χ1n) is 13.8. The number of hydrogen-bond donors (Lipinski definition) is 2. The van der Waals surface area contributed by atoms with Crippen molar-refractivity contribution in [2.75, 3.05) is 78.3 Å². The van der Waals surface area contributed by atoms with Crippen LogP contribution in [0.4, 0.5) is 5.69 Å². The van der Waals surface area contributed by atoms with Gasteiger partial charge >= 0.3 is 11.9 Å². The lowest BCUT2D eigenvalue weighted by Gasteiger charge is -2.10. The van der Waals surface area contributed by atoms with Crippen LogP contribution in [0.3, 0.4) is 0 Å². The summed E-state index contributed by atoms with van der Waals surface area (Å²) in [5, 5.41) is 5.78. The van der Waals surface area contributed by atoms with E-state index in [2.05, 4.69) is 10.6 Å². The summed E-state index contributed by atoms with van der Waals surface area (Å²) in [6, 6.07) is 15.4. The molecule has 0 amide bonds. The molecule has 222 valence electrons. The van der Waals surface area contributed by atoms with Gasteiger partial charge in [0.05, 0.1) is 33.0 Å². The minimum atomic E-state index is -0.315. The SMILES string of the molecule is CNCC(=O)OCCOCCCCOc1ccc(NCC(=O)OCCCOCCCOc2ccc(C)cc2)cc1. The van der Waals surface area contributed by atoms with Crippen molar-refractivity contribution < 1.29 is 38.0 Å². The van der Waals surface area contributed by atoms with Crippen LogP contribution in [0.25, 0.3) is 0 Å². The number of carbonyl (C=O) groups is 2. The van der Waals surface area contributed by atoms with E-state index in [9.17, 15) is 9.59 Å². The first-order valence-corrected chi connectivity index (χ1v) is 13.8. The molecule has 2 rings (SSSR count). The molecule has 0 bridgehead atoms. The van der Waals surface area contributed by atoms with Crippen molar-refractivity contribution in [3.8, 4) is 11.5 Å². The van der Waals surface area contributed by atoms with E-state index < -0.39 is 0 Å². The summed E-state index contributed by atoms with van der Waals surface area (Å²) >= 11 is 0. The van der Waals surface area contributed by atoms with Gasteiger partial charge < -0.3 is 39.1 Å². The van der Waals surface area contributed by atoms with Gasteiger partial charge in [-0.25, -0.2) is 0 Å². The van der Waals surface area contributed by atoms with Crippen LogP contribution >= 0.6 is 0 Å². The summed E-state index contributed by atoms with van der Waals surface area (Å²) in [5.74, 6) is 1.02. The van der Waals surface area contributed by atoms with Crippen molar-refractivity contribution >= 4 is 17.6 Å². The number of unbranched alkanes of at least 4 members (excludes halogenated alkanes) is 1. The molecule has 40 heavy (non-hydrogen) atoms. The Morgan fingerprint density at radius 2 is 1.12 bits per heavy atom. The number of benzene rings is 2. The molecule has 0 atom stereocenters. The molecular weight excluding hydrogens is 516 g/mol. The molecule has 10 heteroatoms. The van der Waals surface area contributed by atoms with Crippen LogP contribution in [0.5, 0.6) is 11.5 Å². The molecule has 0 heterocycles. The zero-order valence-corrected chi connectivity index (χ0v) is 23.8. The van der Waals surface area contributed by atoms with Crippen LogP contribution < -0.4 is 20.1 Å². The number of ether oxygens (including phenoxy) is 6. The van der Waals surface area contributed by atoms with E-state index in [1.807, 2.05) is 55.5 Å². The van der Waals surface area contributed by atoms with Crippen molar-refractivity contribution in [2.45, 2.75) is 32.6 Å². The van der Waals surface area contributed by atoms with Gasteiger partial charge in [-0.05, 0) is 63.2 Å². The van der Waals surface area contributed by atoms with Crippen LogP contribution in [0, 0.1) is 6.92 Å². The summed E-state index contributed by atoms with van der Waals surface area (Å²) < 4.78 is 32.6. The van der Waals surface area contributed by atoms with Gasteiger partial charge in [0.1, 0.15) is 24.7 Å². The van der Waals surface area contributed by atoms with Crippen LogP contribution in [-0.4, -0.2) is 84.9 Å². The van der Waals surface area contributed by atoms with Gasteiger partial charge in [0.2, 0.25) is 0 Å². The number of nitrogens with one attached hydrogen (secondary N) is 2. The third-order valence-corrected chi connectivity index (χ3v) is 5.47. The van der Waals surface area contributed by atoms with E-state index >= 15 is 0 Å². The maximum absolute atomic E-state index is 12.0. The molecule has 0 radical (unpaired) electrons. The molecule has 0 aromatic heterocycles. The molecule has 0 aliphatic carbocycles. The quantitative estimate of drug-likeness (QED) is 0.154. The van der Waals surface area contributed by atoms with E-state index in [1.165, 1.54) is 5.56 Å². The lowest BCUT2D eigenvalue weighted by atomic mass is 10.2. The second-order valence-corrected chi connectivity index (χ2v) is 9.00. The predicted molar refractivity (Wildman–Crippen MR) is 153 cm³/mol. The summed E-state index contributed by atoms with van der Waals surface area (Å²) in [6.45, 7) is 6.21. The molecule has 0 spiro atoms. The predicted octanol–water partition coefficient (Wildman–Crippen LogP) is 3.76. The number of aryl methyl sites for hydroxylation is 1. The molecule has 2 aromatic carbocycles. The lowest BCUT2D eigenvalue weighted by Crippen LogP contribution is -2.22. The van der Waals surface area contributed by atoms with Crippen LogP contribution in [0.2, 0.25) is 0 Å². The van der Waals surface area contributed by atoms with Crippen molar-refractivity contribution in [3.05, 3.63) is 54.1 Å². The Balaban J connectivity index is 1.39. The minimum Gasteiger partial charge on any atom is -0.494 e. The Kier molecular flexibility index (Phi) is 17.6. The Morgan fingerprint density at radius 3 is 1.82 bits per heavy atom. The lowest BCUT2D eigenvalue weighted by molar-refractivity contribution is -0.144. The van der Waals surface area contributed by atoms with Gasteiger partial charge in [-0.2, -0.15) is 0 Å². The smallest absolute Gasteiger partial charge is 0.325 e. The van der Waals surface area contributed by atoms with E-state index in [0.29, 0.717) is 52.7 Å². The first kappa shape index (κ1) is 32.9. The van der Waals surface area contributed by atoms with Crippen molar-refractivity contribution in [1.29, 1.82) is 0 Å². The molecule has 0 saturated heterocycles. The zero-order chi connectivity index (χ0) is 28.7. The van der Waals surface area contributed by atoms with Crippen LogP contribution in [0.15, 0.2) is 48.5 Å². The molecule has 0 unspecified atom stereocenters. The standard InChI is InChI=1S/C30H44N2O8/c1-25-7-11-27(12-8-25)38-19-5-16-35-17-6-20-39-30(34)24-32-26-9-13-28(14-10-26)37-18-4-3-15-36-21-22-40-29(33)23-31-2/h7-14,31-32H,3-6,15-24H2,1-2H3. The highest BCUT2D eigenvalue weighted by molar-refractivity contribution is 5.75. The molecule has 0 fully saturated rings. The Labute approximate surface area is 237 Å². The molecule has 10 nitrogen and oxygen atoms in total. The number of rotatable bonds is 23. The monoisotopic (exact) mass is 560 g/mol. The topological polar surface area (TPSA) is 114 Å². The van der Waals surface area contributed by atoms with Gasteiger partial charge in [0.15, 0.2) is 0 Å². The molecule has 2 aromatic rings. The number of esters is 2. The Hall–Kier alpha value is -3.34. The Bertz CT molecular complexity index is 938. The normalized spacial score (nSPS) is 10.7. The third kappa shape index (κ3) is 16.6. The van der Waals surface area contributed by atoms with Crippen molar-refractivity contribution in [3.63, 3.8) is 0 Å². The number of likely N-dealkylation sites (N-methyl/N-ethyl adjacent to an activating group) is 1. The minimum absolute atomic E-state index is 0.0894. The molecule has 0 aliphatic rings. The number of carbonyl (C=O) groups excluding carboxylic acids is 2. The summed E-state index contributed by atoms with van der Waals surface area (Å²) in [6.07, 6.45) is 3.14. The zero-order valence-electron chi connectivity index (χ0n) is 23.8. The Morgan fingerprint density at radius 1 is 0.600 bits per heavy atom. The van der Waals surface area contributed by atoms with E-state index in [0.717, 1.165) is 36.4 Å². The summed E-state index contributed by atoms with van der Waals surface area (Å²) in [5.41, 5.74) is 2.02. The highest BCUT2D eigenvalue weighted by Crippen LogP contribution is 2.16. The summed E-state index contributed by atoms with van der Waals surface area (Å²) in [7, 11) is 1.69. The van der Waals surface area contributed by atoms with E-state index in [-0.39, 0.29) is 31.6 Å². The average Bonchev–Trinajstić information content (AvgIpc) is 2.96. The second-order valence-electron chi connectivity index (χ2n) is 9.00. The van der Waals surface area contributed by atoms with Crippen LogP contribution in [0.1, 0.15) is 31.2 Å². The molecular formula is C30H44N2O8. The second kappa shape index (κ2) is 21.5. The molecule has 2 N–H and O–H groups in total.